The Morgan fingerprint density at radius 1 is 0.750 bits per heavy atom. The Bertz CT molecular complexity index is 1010. The molecule has 0 spiro atoms. The molecule has 0 amide bonds. The van der Waals surface area contributed by atoms with Gasteiger partial charge in [-0.25, -0.2) is 4.79 Å². The maximum atomic E-state index is 12.2. The van der Waals surface area contributed by atoms with Gasteiger partial charge in [-0.15, -0.1) is 0 Å². The number of aryl methyl sites for hydroxylation is 1. The van der Waals surface area contributed by atoms with E-state index in [0.717, 1.165) is 16.7 Å². The lowest BCUT2D eigenvalue weighted by atomic mass is 10.1. The van der Waals surface area contributed by atoms with E-state index in [2.05, 4.69) is 0 Å². The Morgan fingerprint density at radius 3 is 2.18 bits per heavy atom. The molecule has 3 aromatic carbocycles. The van der Waals surface area contributed by atoms with Gasteiger partial charge in [-0.05, 0) is 42.3 Å². The lowest BCUT2D eigenvalue weighted by molar-refractivity contribution is -0.128. The van der Waals surface area contributed by atoms with Crippen LogP contribution in [0.5, 0.6) is 5.75 Å². The number of carbonyl (C=O) groups is 2. The van der Waals surface area contributed by atoms with E-state index in [1.807, 2.05) is 55.5 Å². The van der Waals surface area contributed by atoms with Crippen molar-refractivity contribution in [2.24, 2.45) is 0 Å². The Hall–Kier alpha value is -3.72. The fourth-order valence-corrected chi connectivity index (χ4v) is 2.55. The molecule has 0 aromatic heterocycles. The zero-order chi connectivity index (χ0) is 19.8. The average Bonchev–Trinajstić information content (AvgIpc) is 2.72. The van der Waals surface area contributed by atoms with Crippen molar-refractivity contribution >= 4 is 23.9 Å². The first-order chi connectivity index (χ1) is 13.6. The lowest BCUT2D eigenvalue weighted by Gasteiger charge is -2.02. The van der Waals surface area contributed by atoms with Gasteiger partial charge in [0.15, 0.2) is 5.78 Å². The first-order valence-electron chi connectivity index (χ1n) is 8.94. The molecule has 0 atom stereocenters. The molecule has 0 heterocycles. The molecule has 0 saturated heterocycles. The molecule has 28 heavy (non-hydrogen) atoms. The molecule has 0 aliphatic carbocycles. The zero-order valence-corrected chi connectivity index (χ0v) is 15.5. The highest BCUT2D eigenvalue weighted by atomic mass is 16.5. The summed E-state index contributed by atoms with van der Waals surface area (Å²) in [7, 11) is 0. The highest BCUT2D eigenvalue weighted by molar-refractivity contribution is 6.06. The maximum absolute atomic E-state index is 12.2. The van der Waals surface area contributed by atoms with Crippen molar-refractivity contribution in [2.75, 3.05) is 0 Å². The van der Waals surface area contributed by atoms with Crippen LogP contribution in [0.3, 0.4) is 0 Å². The van der Waals surface area contributed by atoms with E-state index >= 15 is 0 Å². The predicted octanol–water partition coefficient (Wildman–Crippen LogP) is 5.51. The van der Waals surface area contributed by atoms with Crippen molar-refractivity contribution < 1.29 is 14.3 Å². The molecule has 3 rings (SSSR count). The number of rotatable bonds is 6. The smallest absolute Gasteiger partial charge is 0.336 e. The van der Waals surface area contributed by atoms with Crippen LogP contribution >= 0.6 is 0 Å². The third-order valence-electron chi connectivity index (χ3n) is 4.05. The molecule has 0 N–H and O–H groups in total. The van der Waals surface area contributed by atoms with Crippen molar-refractivity contribution in [1.82, 2.24) is 0 Å². The summed E-state index contributed by atoms with van der Waals surface area (Å²) in [6.07, 6.45) is 6.31. The number of benzene rings is 3. The normalized spacial score (nSPS) is 11.0. The number of carbonyl (C=O) groups excluding carboxylic acids is 2. The molecule has 0 aliphatic rings. The fourth-order valence-electron chi connectivity index (χ4n) is 2.55. The maximum Gasteiger partial charge on any atom is 0.336 e. The molecule has 138 valence electrons. The summed E-state index contributed by atoms with van der Waals surface area (Å²) in [5.74, 6) is -0.110. The quantitative estimate of drug-likeness (QED) is 0.249. The Morgan fingerprint density at radius 2 is 1.43 bits per heavy atom. The summed E-state index contributed by atoms with van der Waals surface area (Å²) in [5, 5.41) is 0. The Kier molecular flexibility index (Phi) is 6.32. The largest absolute Gasteiger partial charge is 0.423 e. The molecule has 0 bridgehead atoms. The van der Waals surface area contributed by atoms with E-state index < -0.39 is 5.97 Å². The molecule has 0 unspecified atom stereocenters. The molecular formula is C25H20O3. The predicted molar refractivity (Wildman–Crippen MR) is 112 cm³/mol. The van der Waals surface area contributed by atoms with Crippen LogP contribution in [-0.2, 0) is 4.79 Å². The number of hydrogen-bond acceptors (Lipinski definition) is 3. The van der Waals surface area contributed by atoms with E-state index in [1.165, 1.54) is 12.2 Å². The third kappa shape index (κ3) is 5.64. The number of hydrogen-bond donors (Lipinski definition) is 0. The van der Waals surface area contributed by atoms with Crippen LogP contribution in [0, 0.1) is 6.92 Å². The number of esters is 1. The summed E-state index contributed by atoms with van der Waals surface area (Å²) in [5.41, 5.74) is 3.44. The second-order valence-electron chi connectivity index (χ2n) is 6.30. The third-order valence-corrected chi connectivity index (χ3v) is 4.05. The van der Waals surface area contributed by atoms with Gasteiger partial charge in [0.1, 0.15) is 5.75 Å². The van der Waals surface area contributed by atoms with E-state index in [0.29, 0.717) is 11.3 Å². The van der Waals surface area contributed by atoms with E-state index in [9.17, 15) is 9.59 Å². The van der Waals surface area contributed by atoms with Crippen LogP contribution in [0.2, 0.25) is 0 Å². The molecule has 0 saturated carbocycles. The molecule has 3 heteroatoms. The molecule has 0 radical (unpaired) electrons. The monoisotopic (exact) mass is 368 g/mol. The van der Waals surface area contributed by atoms with Crippen LogP contribution in [-0.4, -0.2) is 11.8 Å². The topological polar surface area (TPSA) is 43.4 Å². The van der Waals surface area contributed by atoms with Crippen LogP contribution in [0.15, 0.2) is 91.0 Å². The van der Waals surface area contributed by atoms with Crippen molar-refractivity contribution in [1.29, 1.82) is 0 Å². The summed E-state index contributed by atoms with van der Waals surface area (Å²) in [6.45, 7) is 1.98. The summed E-state index contributed by atoms with van der Waals surface area (Å²) in [4.78, 5) is 24.2. The highest BCUT2D eigenvalue weighted by Gasteiger charge is 2.03. The summed E-state index contributed by atoms with van der Waals surface area (Å²) < 4.78 is 5.34. The minimum absolute atomic E-state index is 0.0757. The van der Waals surface area contributed by atoms with Crippen molar-refractivity contribution in [2.45, 2.75) is 6.92 Å². The van der Waals surface area contributed by atoms with Crippen LogP contribution in [0.4, 0.5) is 0 Å². The second-order valence-corrected chi connectivity index (χ2v) is 6.30. The number of ketones is 1. The Labute approximate surface area is 164 Å². The second kappa shape index (κ2) is 9.28. The van der Waals surface area contributed by atoms with Gasteiger partial charge in [-0.2, -0.15) is 0 Å². The standard InChI is InChI=1S/C25H20O3/c1-19-10-14-22(15-11-19)24(26)16-12-21-8-5-9-23(18-21)28-25(27)17-13-20-6-3-2-4-7-20/h2-18H,1H3/b16-12+,17-13+. The Balaban J connectivity index is 1.63. The van der Waals surface area contributed by atoms with Gasteiger partial charge in [-0.3, -0.25) is 4.79 Å². The van der Waals surface area contributed by atoms with Gasteiger partial charge < -0.3 is 4.74 Å². The molecule has 0 fully saturated rings. The average molecular weight is 368 g/mol. The molecular weight excluding hydrogens is 348 g/mol. The van der Waals surface area contributed by atoms with Crippen molar-refractivity contribution in [3.63, 3.8) is 0 Å². The first kappa shape index (κ1) is 19.1. The van der Waals surface area contributed by atoms with E-state index in [1.54, 1.807) is 42.5 Å². The fraction of sp³-hybridized carbons (Fsp3) is 0.0400. The molecule has 3 aromatic rings. The van der Waals surface area contributed by atoms with Gasteiger partial charge in [0, 0.05) is 11.6 Å². The zero-order valence-electron chi connectivity index (χ0n) is 15.5. The minimum Gasteiger partial charge on any atom is -0.423 e. The number of ether oxygens (including phenoxy) is 1. The summed E-state index contributed by atoms with van der Waals surface area (Å²) in [6, 6.07) is 24.0. The van der Waals surface area contributed by atoms with Gasteiger partial charge >= 0.3 is 5.97 Å². The van der Waals surface area contributed by atoms with Gasteiger partial charge in [0.25, 0.3) is 0 Å². The molecule has 0 aliphatic heterocycles. The van der Waals surface area contributed by atoms with E-state index in [4.69, 9.17) is 4.74 Å². The van der Waals surface area contributed by atoms with Crippen molar-refractivity contribution in [3.8, 4) is 5.75 Å². The number of allylic oxidation sites excluding steroid dienone is 1. The van der Waals surface area contributed by atoms with Gasteiger partial charge in [-0.1, -0.05) is 78.4 Å². The first-order valence-corrected chi connectivity index (χ1v) is 8.94. The van der Waals surface area contributed by atoms with Crippen LogP contribution in [0.25, 0.3) is 12.2 Å². The van der Waals surface area contributed by atoms with Gasteiger partial charge in [0.05, 0.1) is 0 Å². The van der Waals surface area contributed by atoms with E-state index in [-0.39, 0.29) is 5.78 Å². The van der Waals surface area contributed by atoms with Crippen molar-refractivity contribution in [3.05, 3.63) is 113 Å². The highest BCUT2D eigenvalue weighted by Crippen LogP contribution is 2.16. The van der Waals surface area contributed by atoms with Crippen LogP contribution in [0.1, 0.15) is 27.0 Å². The SMILES string of the molecule is Cc1ccc(C(=O)/C=C/c2cccc(OC(=O)/C=C/c3ccccc3)c2)cc1. The lowest BCUT2D eigenvalue weighted by Crippen LogP contribution is -2.03. The van der Waals surface area contributed by atoms with Crippen LogP contribution < -0.4 is 4.74 Å². The minimum atomic E-state index is -0.458. The molecule has 3 nitrogen and oxygen atoms in total. The summed E-state index contributed by atoms with van der Waals surface area (Å²) >= 11 is 0. The van der Waals surface area contributed by atoms with Gasteiger partial charge in [0.2, 0.25) is 0 Å².